The van der Waals surface area contributed by atoms with Gasteiger partial charge in [0.2, 0.25) is 0 Å². The third-order valence-corrected chi connectivity index (χ3v) is 0.958. The topological polar surface area (TPSA) is 48.5 Å². The van der Waals surface area contributed by atoms with Crippen LogP contribution in [0, 0.1) is 11.3 Å². The van der Waals surface area contributed by atoms with Crippen molar-refractivity contribution in [1.82, 2.24) is 0 Å². The minimum absolute atomic E-state index is 0.681. The van der Waals surface area contributed by atoms with Crippen molar-refractivity contribution in [2.24, 2.45) is 10.2 Å². The smallest absolute Gasteiger partial charge is 0.184 e. The first-order valence-corrected chi connectivity index (χ1v) is 2.28. The van der Waals surface area contributed by atoms with Crippen LogP contribution in [0.3, 0.4) is 0 Å². The monoisotopic (exact) mass is 107 g/mol. The van der Waals surface area contributed by atoms with Crippen LogP contribution >= 0.6 is 0 Å². The Bertz CT molecular complexity index is 172. The van der Waals surface area contributed by atoms with E-state index in [9.17, 15) is 0 Å². The molecule has 1 aliphatic heterocycles. The number of nitriles is 1. The highest BCUT2D eigenvalue weighted by Gasteiger charge is 2.20. The second kappa shape index (κ2) is 1.41. The van der Waals surface area contributed by atoms with Gasteiger partial charge in [-0.05, 0) is 13.0 Å². The lowest BCUT2D eigenvalue weighted by molar-refractivity contribution is 0.736. The first kappa shape index (κ1) is 4.98. The maximum absolute atomic E-state index is 8.37. The van der Waals surface area contributed by atoms with E-state index in [1.54, 1.807) is 13.0 Å². The van der Waals surface area contributed by atoms with Crippen molar-refractivity contribution in [3.05, 3.63) is 12.3 Å². The van der Waals surface area contributed by atoms with E-state index in [-0.39, 0.29) is 0 Å². The Kier molecular flexibility index (Phi) is 0.876. The van der Waals surface area contributed by atoms with E-state index in [0.29, 0.717) is 0 Å². The highest BCUT2D eigenvalue weighted by molar-refractivity contribution is 5.19. The molecule has 0 spiro atoms. The zero-order valence-corrected chi connectivity index (χ0v) is 4.50. The average molecular weight is 107 g/mol. The van der Waals surface area contributed by atoms with Crippen LogP contribution in [0.5, 0.6) is 0 Å². The molecule has 0 aromatic carbocycles. The van der Waals surface area contributed by atoms with Gasteiger partial charge in [0, 0.05) is 6.20 Å². The van der Waals surface area contributed by atoms with Gasteiger partial charge in [-0.1, -0.05) is 0 Å². The van der Waals surface area contributed by atoms with Crippen LogP contribution in [-0.4, -0.2) is 5.54 Å². The van der Waals surface area contributed by atoms with Crippen molar-refractivity contribution < 1.29 is 0 Å². The summed E-state index contributed by atoms with van der Waals surface area (Å²) >= 11 is 0. The lowest BCUT2D eigenvalue weighted by atomic mass is 10.1. The Morgan fingerprint density at radius 1 is 1.75 bits per heavy atom. The molecule has 0 N–H and O–H groups in total. The summed E-state index contributed by atoms with van der Waals surface area (Å²) in [5, 5.41) is 15.5. The Morgan fingerprint density at radius 2 is 2.50 bits per heavy atom. The van der Waals surface area contributed by atoms with Gasteiger partial charge < -0.3 is 0 Å². The summed E-state index contributed by atoms with van der Waals surface area (Å²) < 4.78 is 0. The molecule has 0 fully saturated rings. The molecule has 0 amide bonds. The van der Waals surface area contributed by atoms with Crippen LogP contribution in [0.25, 0.3) is 0 Å². The normalized spacial score (nSPS) is 33.0. The molecular weight excluding hydrogens is 102 g/mol. The number of nitrogens with zero attached hydrogens (tertiary/aromatic N) is 3. The predicted octanol–water partition coefficient (Wildman–Crippen LogP) is 1.25. The van der Waals surface area contributed by atoms with Gasteiger partial charge in [-0.3, -0.25) is 0 Å². The fourth-order valence-corrected chi connectivity index (χ4v) is 0.425. The maximum Gasteiger partial charge on any atom is 0.184 e. The zero-order valence-electron chi connectivity index (χ0n) is 4.50. The van der Waals surface area contributed by atoms with Crippen LogP contribution < -0.4 is 0 Å². The van der Waals surface area contributed by atoms with E-state index in [1.165, 1.54) is 6.20 Å². The summed E-state index contributed by atoms with van der Waals surface area (Å²) in [7, 11) is 0. The third kappa shape index (κ3) is 0.604. The fourth-order valence-electron chi connectivity index (χ4n) is 0.425. The second-order valence-corrected chi connectivity index (χ2v) is 1.79. The van der Waals surface area contributed by atoms with E-state index >= 15 is 0 Å². The van der Waals surface area contributed by atoms with Gasteiger partial charge in [0.25, 0.3) is 0 Å². The summed E-state index contributed by atoms with van der Waals surface area (Å²) in [6.07, 6.45) is 3.19. The Hall–Kier alpha value is -1.17. The van der Waals surface area contributed by atoms with Crippen LogP contribution in [-0.2, 0) is 0 Å². The summed E-state index contributed by atoms with van der Waals surface area (Å²) in [5.41, 5.74) is -0.681. The van der Waals surface area contributed by atoms with Gasteiger partial charge in [-0.2, -0.15) is 15.5 Å². The lowest BCUT2D eigenvalue weighted by Gasteiger charge is -2.00. The number of azo groups is 1. The molecule has 1 aliphatic rings. The van der Waals surface area contributed by atoms with E-state index in [2.05, 4.69) is 10.2 Å². The molecular formula is C5H5N3. The van der Waals surface area contributed by atoms with Gasteiger partial charge in [-0.25, -0.2) is 0 Å². The van der Waals surface area contributed by atoms with Crippen molar-refractivity contribution in [2.75, 3.05) is 0 Å². The molecule has 0 aliphatic carbocycles. The van der Waals surface area contributed by atoms with Crippen molar-refractivity contribution in [3.63, 3.8) is 0 Å². The molecule has 1 rings (SSSR count). The molecule has 1 heterocycles. The SMILES string of the molecule is CC1(C#N)C=CN=N1. The molecule has 1 unspecified atom stereocenters. The highest BCUT2D eigenvalue weighted by Crippen LogP contribution is 2.16. The van der Waals surface area contributed by atoms with Gasteiger partial charge in [-0.15, -0.1) is 0 Å². The average Bonchev–Trinajstić information content (AvgIpc) is 2.17. The first-order valence-electron chi connectivity index (χ1n) is 2.28. The minimum atomic E-state index is -0.681. The zero-order chi connectivity index (χ0) is 6.04. The molecule has 3 heteroatoms. The Labute approximate surface area is 47.3 Å². The summed E-state index contributed by atoms with van der Waals surface area (Å²) in [6, 6.07) is 1.99. The second-order valence-electron chi connectivity index (χ2n) is 1.79. The van der Waals surface area contributed by atoms with E-state index in [0.717, 1.165) is 0 Å². The third-order valence-electron chi connectivity index (χ3n) is 0.958. The van der Waals surface area contributed by atoms with Crippen molar-refractivity contribution in [1.29, 1.82) is 5.26 Å². The van der Waals surface area contributed by atoms with Crippen LogP contribution in [0.15, 0.2) is 22.5 Å². The molecule has 8 heavy (non-hydrogen) atoms. The summed E-state index contributed by atoms with van der Waals surface area (Å²) in [4.78, 5) is 0. The lowest BCUT2D eigenvalue weighted by Crippen LogP contribution is -2.10. The molecule has 0 aromatic rings. The van der Waals surface area contributed by atoms with Crippen LogP contribution in [0.4, 0.5) is 0 Å². The molecule has 0 saturated heterocycles. The quantitative estimate of drug-likeness (QED) is 0.459. The van der Waals surface area contributed by atoms with Gasteiger partial charge in [0.1, 0.15) is 0 Å². The molecule has 1 atom stereocenters. The molecule has 40 valence electrons. The summed E-state index contributed by atoms with van der Waals surface area (Å²) in [5.74, 6) is 0. The van der Waals surface area contributed by atoms with E-state index in [4.69, 9.17) is 5.26 Å². The molecule has 0 saturated carbocycles. The van der Waals surface area contributed by atoms with Crippen molar-refractivity contribution >= 4 is 0 Å². The van der Waals surface area contributed by atoms with Gasteiger partial charge >= 0.3 is 0 Å². The van der Waals surface area contributed by atoms with Gasteiger partial charge in [0.15, 0.2) is 5.54 Å². The Morgan fingerprint density at radius 3 is 2.75 bits per heavy atom. The number of hydrogen-bond donors (Lipinski definition) is 0. The van der Waals surface area contributed by atoms with E-state index in [1.807, 2.05) is 6.07 Å². The minimum Gasteiger partial charge on any atom is -0.195 e. The first-order chi connectivity index (χ1) is 3.77. The van der Waals surface area contributed by atoms with Crippen molar-refractivity contribution in [3.8, 4) is 6.07 Å². The number of hydrogen-bond acceptors (Lipinski definition) is 3. The molecule has 0 aromatic heterocycles. The standard InChI is InChI=1S/C5H5N3/c1-5(4-6)2-3-7-8-5/h2-3H,1H3. The van der Waals surface area contributed by atoms with Gasteiger partial charge in [0.05, 0.1) is 6.07 Å². The summed E-state index contributed by atoms with van der Waals surface area (Å²) in [6.45, 7) is 1.71. The van der Waals surface area contributed by atoms with Crippen molar-refractivity contribution in [2.45, 2.75) is 12.5 Å². The Balaban J connectivity index is 2.89. The highest BCUT2D eigenvalue weighted by atomic mass is 15.2. The number of rotatable bonds is 0. The van der Waals surface area contributed by atoms with Crippen LogP contribution in [0.1, 0.15) is 6.92 Å². The fraction of sp³-hybridized carbons (Fsp3) is 0.400. The molecule has 0 radical (unpaired) electrons. The van der Waals surface area contributed by atoms with E-state index < -0.39 is 5.54 Å². The predicted molar refractivity (Wildman–Crippen MR) is 28.0 cm³/mol. The molecule has 3 nitrogen and oxygen atoms in total. The van der Waals surface area contributed by atoms with Crippen LogP contribution in [0.2, 0.25) is 0 Å². The largest absolute Gasteiger partial charge is 0.195 e. The maximum atomic E-state index is 8.37. The molecule has 0 bridgehead atoms.